The Balaban J connectivity index is 1.40. The Morgan fingerprint density at radius 1 is 1.00 bits per heavy atom. The highest BCUT2D eigenvalue weighted by Crippen LogP contribution is 2.29. The first-order chi connectivity index (χ1) is 15.0. The molecule has 0 aliphatic carbocycles. The van der Waals surface area contributed by atoms with E-state index in [0.29, 0.717) is 19.5 Å². The number of likely N-dealkylation sites (tertiary alicyclic amines) is 2. The maximum Gasteiger partial charge on any atom is 0.225 e. The highest BCUT2D eigenvalue weighted by molar-refractivity contribution is 6.31. The van der Waals surface area contributed by atoms with E-state index in [1.165, 1.54) is 0 Å². The maximum atomic E-state index is 13.1. The van der Waals surface area contributed by atoms with Gasteiger partial charge in [-0.3, -0.25) is 14.6 Å². The highest BCUT2D eigenvalue weighted by Gasteiger charge is 2.32. The molecule has 2 aliphatic rings. The summed E-state index contributed by atoms with van der Waals surface area (Å²) in [5, 5.41) is 0.764. The number of piperidine rings is 2. The normalized spacial score (nSPS) is 20.0. The number of halogens is 1. The molecule has 5 nitrogen and oxygen atoms in total. The monoisotopic (exact) mass is 439 g/mol. The van der Waals surface area contributed by atoms with Gasteiger partial charge in [-0.05, 0) is 49.4 Å². The van der Waals surface area contributed by atoms with Gasteiger partial charge in [-0.25, -0.2) is 0 Å². The molecule has 2 aromatic rings. The number of benzene rings is 1. The Bertz CT molecular complexity index is 940. The van der Waals surface area contributed by atoms with Gasteiger partial charge in [0.1, 0.15) is 0 Å². The minimum Gasteiger partial charge on any atom is -0.343 e. The van der Waals surface area contributed by atoms with Gasteiger partial charge < -0.3 is 9.80 Å². The van der Waals surface area contributed by atoms with Gasteiger partial charge in [0.25, 0.3) is 0 Å². The zero-order valence-electron chi connectivity index (χ0n) is 18.1. The Kier molecular flexibility index (Phi) is 6.91. The molecule has 2 fully saturated rings. The van der Waals surface area contributed by atoms with Crippen LogP contribution >= 0.6 is 11.6 Å². The third-order valence-corrected chi connectivity index (χ3v) is 6.97. The molecule has 6 heteroatoms. The fraction of sp³-hybridized carbons (Fsp3) is 0.480. The molecular formula is C25H30ClN3O2. The number of amides is 2. The van der Waals surface area contributed by atoms with Gasteiger partial charge in [0, 0.05) is 67.8 Å². The molecule has 4 rings (SSSR count). The summed E-state index contributed by atoms with van der Waals surface area (Å²) < 4.78 is 0. The zero-order chi connectivity index (χ0) is 21.8. The SMILES string of the molecule is CC(=O)N1CCC(C(=O)N2CCC[C@@H](c3cccc(Cc4ccccc4Cl)n3)C2)CC1. The van der Waals surface area contributed by atoms with Crippen molar-refractivity contribution in [3.8, 4) is 0 Å². The van der Waals surface area contributed by atoms with E-state index in [9.17, 15) is 9.59 Å². The molecule has 0 saturated carbocycles. The van der Waals surface area contributed by atoms with Crippen molar-refractivity contribution in [2.75, 3.05) is 26.2 Å². The lowest BCUT2D eigenvalue weighted by Crippen LogP contribution is -2.46. The second kappa shape index (κ2) is 9.82. The van der Waals surface area contributed by atoms with Crippen LogP contribution in [-0.4, -0.2) is 52.8 Å². The van der Waals surface area contributed by atoms with Gasteiger partial charge in [0.15, 0.2) is 0 Å². The molecule has 1 atom stereocenters. The van der Waals surface area contributed by atoms with Crippen molar-refractivity contribution in [1.29, 1.82) is 0 Å². The van der Waals surface area contributed by atoms with Gasteiger partial charge >= 0.3 is 0 Å². The molecular weight excluding hydrogens is 410 g/mol. The fourth-order valence-electron chi connectivity index (χ4n) is 4.78. The smallest absolute Gasteiger partial charge is 0.225 e. The van der Waals surface area contributed by atoms with Crippen molar-refractivity contribution in [1.82, 2.24) is 14.8 Å². The Labute approximate surface area is 189 Å². The molecule has 1 aromatic carbocycles. The molecule has 164 valence electrons. The summed E-state index contributed by atoms with van der Waals surface area (Å²) in [4.78, 5) is 33.5. The van der Waals surface area contributed by atoms with Gasteiger partial charge in [0.2, 0.25) is 11.8 Å². The van der Waals surface area contributed by atoms with Crippen molar-refractivity contribution in [3.05, 3.63) is 64.4 Å². The fourth-order valence-corrected chi connectivity index (χ4v) is 4.98. The van der Waals surface area contributed by atoms with Gasteiger partial charge in [0.05, 0.1) is 0 Å². The summed E-state index contributed by atoms with van der Waals surface area (Å²) in [6.45, 7) is 4.53. The summed E-state index contributed by atoms with van der Waals surface area (Å²) in [6.07, 6.45) is 4.29. The largest absolute Gasteiger partial charge is 0.343 e. The van der Waals surface area contributed by atoms with Crippen molar-refractivity contribution in [2.24, 2.45) is 5.92 Å². The summed E-state index contributed by atoms with van der Waals surface area (Å²) in [6, 6.07) is 14.1. The van der Waals surface area contributed by atoms with Crippen molar-refractivity contribution >= 4 is 23.4 Å². The van der Waals surface area contributed by atoms with Crippen LogP contribution in [0.5, 0.6) is 0 Å². The van der Waals surface area contributed by atoms with E-state index in [1.54, 1.807) is 6.92 Å². The standard InChI is InChI=1S/C25H30ClN3O2/c1-18(30)28-14-11-19(12-15-28)25(31)29-13-5-7-21(17-29)24-10-4-8-22(27-24)16-20-6-2-3-9-23(20)26/h2-4,6,8-10,19,21H,5,7,11-17H2,1H3/t21-/m1/s1. The van der Waals surface area contributed by atoms with Gasteiger partial charge in [-0.1, -0.05) is 35.9 Å². The third kappa shape index (κ3) is 5.27. The summed E-state index contributed by atoms with van der Waals surface area (Å²) in [5.41, 5.74) is 3.14. The molecule has 0 N–H and O–H groups in total. The average Bonchev–Trinajstić information content (AvgIpc) is 2.80. The summed E-state index contributed by atoms with van der Waals surface area (Å²) in [7, 11) is 0. The summed E-state index contributed by atoms with van der Waals surface area (Å²) in [5.74, 6) is 0.655. The Hall–Kier alpha value is -2.40. The predicted molar refractivity (Wildman–Crippen MR) is 122 cm³/mol. The second-order valence-electron chi connectivity index (χ2n) is 8.73. The van der Waals surface area contributed by atoms with E-state index < -0.39 is 0 Å². The van der Waals surface area contributed by atoms with Crippen molar-refractivity contribution in [3.63, 3.8) is 0 Å². The van der Waals surface area contributed by atoms with Crippen LogP contribution in [0.1, 0.15) is 55.5 Å². The third-order valence-electron chi connectivity index (χ3n) is 6.60. The molecule has 0 radical (unpaired) electrons. The molecule has 0 bridgehead atoms. The molecule has 2 aliphatic heterocycles. The number of carbonyl (C=O) groups excluding carboxylic acids is 2. The number of hydrogen-bond donors (Lipinski definition) is 0. The number of pyridine rings is 1. The highest BCUT2D eigenvalue weighted by atomic mass is 35.5. The van der Waals surface area contributed by atoms with Crippen LogP contribution in [0.2, 0.25) is 5.02 Å². The van der Waals surface area contributed by atoms with E-state index in [2.05, 4.69) is 12.1 Å². The molecule has 31 heavy (non-hydrogen) atoms. The Morgan fingerprint density at radius 3 is 2.52 bits per heavy atom. The second-order valence-corrected chi connectivity index (χ2v) is 9.13. The maximum absolute atomic E-state index is 13.1. The lowest BCUT2D eigenvalue weighted by Gasteiger charge is -2.37. The minimum atomic E-state index is 0.0360. The van der Waals surface area contributed by atoms with E-state index in [4.69, 9.17) is 16.6 Å². The number of rotatable bonds is 4. The average molecular weight is 440 g/mol. The molecule has 1 aromatic heterocycles. The first kappa shape index (κ1) is 21.8. The van der Waals surface area contributed by atoms with Crippen LogP contribution in [0.15, 0.2) is 42.5 Å². The van der Waals surface area contributed by atoms with E-state index >= 15 is 0 Å². The van der Waals surface area contributed by atoms with E-state index in [0.717, 1.165) is 60.7 Å². The molecule has 3 heterocycles. The molecule has 2 amide bonds. The number of nitrogens with zero attached hydrogens (tertiary/aromatic N) is 3. The molecule has 0 spiro atoms. The first-order valence-corrected chi connectivity index (χ1v) is 11.6. The molecule has 2 saturated heterocycles. The minimum absolute atomic E-state index is 0.0360. The van der Waals surface area contributed by atoms with E-state index in [1.807, 2.05) is 40.1 Å². The lowest BCUT2D eigenvalue weighted by molar-refractivity contribution is -0.141. The quantitative estimate of drug-likeness (QED) is 0.714. The predicted octanol–water partition coefficient (Wildman–Crippen LogP) is 4.29. The lowest BCUT2D eigenvalue weighted by atomic mass is 9.90. The van der Waals surface area contributed by atoms with Gasteiger partial charge in [-0.15, -0.1) is 0 Å². The van der Waals surface area contributed by atoms with Crippen LogP contribution in [-0.2, 0) is 16.0 Å². The van der Waals surface area contributed by atoms with Crippen molar-refractivity contribution in [2.45, 2.75) is 44.9 Å². The number of hydrogen-bond acceptors (Lipinski definition) is 3. The van der Waals surface area contributed by atoms with Crippen LogP contribution in [0.3, 0.4) is 0 Å². The van der Waals surface area contributed by atoms with E-state index in [-0.39, 0.29) is 23.7 Å². The molecule has 0 unspecified atom stereocenters. The number of carbonyl (C=O) groups is 2. The number of aromatic nitrogens is 1. The zero-order valence-corrected chi connectivity index (χ0v) is 18.9. The van der Waals surface area contributed by atoms with Crippen LogP contribution in [0.25, 0.3) is 0 Å². The van der Waals surface area contributed by atoms with Crippen LogP contribution < -0.4 is 0 Å². The summed E-state index contributed by atoms with van der Waals surface area (Å²) >= 11 is 6.32. The van der Waals surface area contributed by atoms with Crippen LogP contribution in [0.4, 0.5) is 0 Å². The van der Waals surface area contributed by atoms with Crippen molar-refractivity contribution < 1.29 is 9.59 Å². The van der Waals surface area contributed by atoms with Gasteiger partial charge in [-0.2, -0.15) is 0 Å². The Morgan fingerprint density at radius 2 is 1.77 bits per heavy atom. The topological polar surface area (TPSA) is 53.5 Å². The van der Waals surface area contributed by atoms with Crippen LogP contribution in [0, 0.1) is 5.92 Å². The first-order valence-electron chi connectivity index (χ1n) is 11.2.